The van der Waals surface area contributed by atoms with Crippen LogP contribution in [0.1, 0.15) is 5.56 Å². The summed E-state index contributed by atoms with van der Waals surface area (Å²) in [4.78, 5) is 4.27. The topological polar surface area (TPSA) is 48.1 Å². The summed E-state index contributed by atoms with van der Waals surface area (Å²) < 4.78 is 5.13. The van der Waals surface area contributed by atoms with Crippen LogP contribution >= 0.6 is 0 Å². The first-order valence-corrected chi connectivity index (χ1v) is 4.41. The van der Waals surface area contributed by atoms with Crippen molar-refractivity contribution in [2.75, 3.05) is 12.8 Å². The van der Waals surface area contributed by atoms with E-state index in [1.54, 1.807) is 7.11 Å². The van der Waals surface area contributed by atoms with Crippen molar-refractivity contribution < 1.29 is 4.74 Å². The maximum Gasteiger partial charge on any atom is 0.127 e. The zero-order chi connectivity index (χ0) is 10.1. The van der Waals surface area contributed by atoms with E-state index in [0.717, 1.165) is 22.2 Å². The van der Waals surface area contributed by atoms with Crippen LogP contribution in [0.25, 0.3) is 10.9 Å². The second-order valence-electron chi connectivity index (χ2n) is 3.25. The lowest BCUT2D eigenvalue weighted by Gasteiger charge is -2.04. The van der Waals surface area contributed by atoms with Gasteiger partial charge >= 0.3 is 0 Å². The molecule has 72 valence electrons. The minimum Gasteiger partial charge on any atom is -0.497 e. The van der Waals surface area contributed by atoms with Crippen LogP contribution in [0.4, 0.5) is 5.82 Å². The number of nitrogens with two attached hydrogens (primary N) is 1. The molecule has 2 N–H and O–H groups in total. The first kappa shape index (κ1) is 8.81. The molecule has 0 aliphatic rings. The molecular formula is C11H12N2O. The highest BCUT2D eigenvalue weighted by molar-refractivity contribution is 5.82. The normalized spacial score (nSPS) is 10.4. The van der Waals surface area contributed by atoms with Gasteiger partial charge in [-0.2, -0.15) is 0 Å². The van der Waals surface area contributed by atoms with Crippen molar-refractivity contribution in [3.8, 4) is 5.75 Å². The number of hydrogen-bond donors (Lipinski definition) is 1. The summed E-state index contributed by atoms with van der Waals surface area (Å²) in [6.07, 6.45) is 0. The highest BCUT2D eigenvalue weighted by atomic mass is 16.5. The molecule has 0 radical (unpaired) electrons. The second kappa shape index (κ2) is 3.18. The van der Waals surface area contributed by atoms with E-state index in [4.69, 9.17) is 10.5 Å². The summed E-state index contributed by atoms with van der Waals surface area (Å²) in [5, 5.41) is 1.05. The summed E-state index contributed by atoms with van der Waals surface area (Å²) in [5.41, 5.74) is 7.60. The molecule has 2 aromatic rings. The Hall–Kier alpha value is -1.77. The Balaban J connectivity index is 2.70. The van der Waals surface area contributed by atoms with Gasteiger partial charge in [-0.25, -0.2) is 4.98 Å². The van der Waals surface area contributed by atoms with Gasteiger partial charge in [0.25, 0.3) is 0 Å². The maximum atomic E-state index is 5.71. The number of nitrogens with zero attached hydrogens (tertiary/aromatic N) is 1. The number of aryl methyl sites for hydroxylation is 1. The maximum absolute atomic E-state index is 5.71. The Morgan fingerprint density at radius 1 is 1.29 bits per heavy atom. The molecule has 0 amide bonds. The molecule has 3 heteroatoms. The van der Waals surface area contributed by atoms with Crippen LogP contribution in [0.2, 0.25) is 0 Å². The van der Waals surface area contributed by atoms with Crippen molar-refractivity contribution in [3.05, 3.63) is 29.8 Å². The third kappa shape index (κ3) is 1.37. The first-order chi connectivity index (χ1) is 6.70. The van der Waals surface area contributed by atoms with Crippen LogP contribution in [0.5, 0.6) is 5.75 Å². The summed E-state index contributed by atoms with van der Waals surface area (Å²) in [5.74, 6) is 1.42. The van der Waals surface area contributed by atoms with Gasteiger partial charge < -0.3 is 10.5 Å². The molecule has 1 aromatic carbocycles. The van der Waals surface area contributed by atoms with Gasteiger partial charge in [0, 0.05) is 5.39 Å². The molecule has 0 bridgehead atoms. The van der Waals surface area contributed by atoms with Gasteiger partial charge in [-0.3, -0.25) is 0 Å². The van der Waals surface area contributed by atoms with Gasteiger partial charge in [-0.1, -0.05) is 0 Å². The first-order valence-electron chi connectivity index (χ1n) is 4.41. The van der Waals surface area contributed by atoms with E-state index >= 15 is 0 Å². The molecule has 0 saturated heterocycles. The molecule has 0 aliphatic heterocycles. The van der Waals surface area contributed by atoms with E-state index in [2.05, 4.69) is 4.98 Å². The smallest absolute Gasteiger partial charge is 0.127 e. The van der Waals surface area contributed by atoms with Gasteiger partial charge in [-0.15, -0.1) is 0 Å². The molecule has 3 nitrogen and oxygen atoms in total. The quantitative estimate of drug-likeness (QED) is 0.745. The van der Waals surface area contributed by atoms with E-state index in [9.17, 15) is 0 Å². The fourth-order valence-electron chi connectivity index (χ4n) is 1.40. The number of benzene rings is 1. The van der Waals surface area contributed by atoms with Crippen LogP contribution in [0.3, 0.4) is 0 Å². The molecule has 0 saturated carbocycles. The minimum atomic E-state index is 0.586. The predicted octanol–water partition coefficient (Wildman–Crippen LogP) is 2.13. The molecule has 1 aromatic heterocycles. The van der Waals surface area contributed by atoms with Gasteiger partial charge in [0.2, 0.25) is 0 Å². The zero-order valence-electron chi connectivity index (χ0n) is 8.24. The Morgan fingerprint density at radius 2 is 2.07 bits per heavy atom. The summed E-state index contributed by atoms with van der Waals surface area (Å²) >= 11 is 0. The molecule has 0 atom stereocenters. The molecule has 1 heterocycles. The number of hydrogen-bond acceptors (Lipinski definition) is 3. The average molecular weight is 188 g/mol. The van der Waals surface area contributed by atoms with Crippen molar-refractivity contribution >= 4 is 16.7 Å². The van der Waals surface area contributed by atoms with Gasteiger partial charge in [0.1, 0.15) is 11.6 Å². The predicted molar refractivity (Wildman–Crippen MR) is 57.4 cm³/mol. The van der Waals surface area contributed by atoms with Crippen molar-refractivity contribution in [2.24, 2.45) is 0 Å². The Bertz CT molecular complexity index is 480. The number of nitrogen functional groups attached to an aromatic ring is 1. The van der Waals surface area contributed by atoms with Gasteiger partial charge in [-0.05, 0) is 36.8 Å². The largest absolute Gasteiger partial charge is 0.497 e. The highest BCUT2D eigenvalue weighted by Gasteiger charge is 2.01. The van der Waals surface area contributed by atoms with Crippen LogP contribution < -0.4 is 10.5 Å². The van der Waals surface area contributed by atoms with Gasteiger partial charge in [0.05, 0.1) is 12.6 Å². The minimum absolute atomic E-state index is 0.586. The molecule has 2 rings (SSSR count). The monoisotopic (exact) mass is 188 g/mol. The van der Waals surface area contributed by atoms with E-state index in [1.165, 1.54) is 0 Å². The Morgan fingerprint density at radius 3 is 2.79 bits per heavy atom. The molecule has 0 aliphatic carbocycles. The number of methoxy groups -OCH3 is 1. The highest BCUT2D eigenvalue weighted by Crippen LogP contribution is 2.22. The Kier molecular flexibility index (Phi) is 2.00. The molecule has 0 spiro atoms. The van der Waals surface area contributed by atoms with E-state index in [1.807, 2.05) is 31.2 Å². The van der Waals surface area contributed by atoms with Crippen LogP contribution in [0.15, 0.2) is 24.3 Å². The lowest BCUT2D eigenvalue weighted by atomic mass is 10.1. The van der Waals surface area contributed by atoms with Gasteiger partial charge in [0.15, 0.2) is 0 Å². The fraction of sp³-hybridized carbons (Fsp3) is 0.182. The van der Waals surface area contributed by atoms with Crippen molar-refractivity contribution in [1.82, 2.24) is 4.98 Å². The van der Waals surface area contributed by atoms with E-state index < -0.39 is 0 Å². The standard InChI is InChI=1S/C11H12N2O/c1-7-5-8-6-9(14-2)3-4-10(8)13-11(7)12/h3-6H,1-2H3,(H2,12,13). The number of ether oxygens (including phenoxy) is 1. The van der Waals surface area contributed by atoms with Crippen molar-refractivity contribution in [3.63, 3.8) is 0 Å². The van der Waals surface area contributed by atoms with Crippen molar-refractivity contribution in [1.29, 1.82) is 0 Å². The third-order valence-electron chi connectivity index (χ3n) is 2.25. The molecule has 0 fully saturated rings. The lowest BCUT2D eigenvalue weighted by Crippen LogP contribution is -1.94. The van der Waals surface area contributed by atoms with E-state index in [0.29, 0.717) is 5.82 Å². The Labute approximate surface area is 82.5 Å². The second-order valence-corrected chi connectivity index (χ2v) is 3.25. The van der Waals surface area contributed by atoms with E-state index in [-0.39, 0.29) is 0 Å². The van der Waals surface area contributed by atoms with Crippen LogP contribution in [-0.2, 0) is 0 Å². The third-order valence-corrected chi connectivity index (χ3v) is 2.25. The number of aromatic nitrogens is 1. The SMILES string of the molecule is COc1ccc2nc(N)c(C)cc2c1. The summed E-state index contributed by atoms with van der Waals surface area (Å²) in [6.45, 7) is 1.95. The van der Waals surface area contributed by atoms with Crippen LogP contribution in [-0.4, -0.2) is 12.1 Å². The molecule has 0 unspecified atom stereocenters. The average Bonchev–Trinajstić information content (AvgIpc) is 2.19. The summed E-state index contributed by atoms with van der Waals surface area (Å²) in [6, 6.07) is 7.75. The number of anilines is 1. The number of fused-ring (bicyclic) bond motifs is 1. The lowest BCUT2D eigenvalue weighted by molar-refractivity contribution is 0.415. The van der Waals surface area contributed by atoms with Crippen molar-refractivity contribution in [2.45, 2.75) is 6.92 Å². The number of rotatable bonds is 1. The number of pyridine rings is 1. The summed E-state index contributed by atoms with van der Waals surface area (Å²) in [7, 11) is 1.65. The molecule has 14 heavy (non-hydrogen) atoms. The zero-order valence-corrected chi connectivity index (χ0v) is 8.24. The fourth-order valence-corrected chi connectivity index (χ4v) is 1.40. The van der Waals surface area contributed by atoms with Crippen LogP contribution in [0, 0.1) is 6.92 Å². The molecular weight excluding hydrogens is 176 g/mol.